The van der Waals surface area contributed by atoms with Gasteiger partial charge >= 0.3 is 0 Å². The minimum absolute atomic E-state index is 0.118. The van der Waals surface area contributed by atoms with Crippen molar-refractivity contribution in [1.82, 2.24) is 10.2 Å². The fraction of sp³-hybridized carbons (Fsp3) is 1.00. The molecule has 2 fully saturated rings. The maximum atomic E-state index is 10.2. The van der Waals surface area contributed by atoms with Gasteiger partial charge in [-0.25, -0.2) is 0 Å². The molecule has 3 atom stereocenters. The smallest absolute Gasteiger partial charge is 0.0578 e. The zero-order valence-electron chi connectivity index (χ0n) is 13.6. The number of aliphatic hydroxyl groups is 1. The first-order chi connectivity index (χ1) is 9.60. The maximum absolute atomic E-state index is 10.2. The summed E-state index contributed by atoms with van der Waals surface area (Å²) in [4.78, 5) is 2.66. The molecule has 3 heteroatoms. The number of aliphatic hydroxyl groups excluding tert-OH is 1. The molecule has 3 unspecified atom stereocenters. The molecule has 0 radical (unpaired) electrons. The monoisotopic (exact) mass is 282 g/mol. The summed E-state index contributed by atoms with van der Waals surface area (Å²) in [7, 11) is 0. The van der Waals surface area contributed by atoms with Gasteiger partial charge in [0.05, 0.1) is 6.10 Å². The fourth-order valence-corrected chi connectivity index (χ4v) is 3.56. The molecule has 1 aliphatic carbocycles. The van der Waals surface area contributed by atoms with Crippen LogP contribution in [0.5, 0.6) is 0 Å². The van der Waals surface area contributed by atoms with Gasteiger partial charge in [0.2, 0.25) is 0 Å². The Bertz CT molecular complexity index is 265. The second-order valence-electron chi connectivity index (χ2n) is 7.34. The molecular weight excluding hydrogens is 248 g/mol. The van der Waals surface area contributed by atoms with Crippen molar-refractivity contribution in [2.45, 2.75) is 77.5 Å². The van der Waals surface area contributed by atoms with Crippen LogP contribution in [0, 0.1) is 11.8 Å². The van der Waals surface area contributed by atoms with E-state index in [4.69, 9.17) is 0 Å². The summed E-state index contributed by atoms with van der Waals surface area (Å²) in [6.07, 6.45) is 7.31. The predicted octanol–water partition coefficient (Wildman–Crippen LogP) is 2.64. The van der Waals surface area contributed by atoms with E-state index in [1.165, 1.54) is 32.2 Å². The molecule has 2 rings (SSSR count). The SMILES string of the molecule is CCC(O)C1CC(NCCC(C)C)CN(C2CCC2)C1. The van der Waals surface area contributed by atoms with E-state index in [1.807, 2.05) is 0 Å². The third-order valence-electron chi connectivity index (χ3n) is 5.22. The summed E-state index contributed by atoms with van der Waals surface area (Å²) < 4.78 is 0. The van der Waals surface area contributed by atoms with Crippen LogP contribution in [0.1, 0.15) is 59.3 Å². The van der Waals surface area contributed by atoms with E-state index >= 15 is 0 Å². The molecule has 0 bridgehead atoms. The minimum atomic E-state index is -0.118. The summed E-state index contributed by atoms with van der Waals surface area (Å²) in [6, 6.07) is 1.38. The molecule has 2 aliphatic rings. The highest BCUT2D eigenvalue weighted by molar-refractivity contribution is 4.91. The normalized spacial score (nSPS) is 30.4. The van der Waals surface area contributed by atoms with E-state index < -0.39 is 0 Å². The van der Waals surface area contributed by atoms with Gasteiger partial charge in [-0.1, -0.05) is 27.2 Å². The molecule has 0 amide bonds. The Morgan fingerprint density at radius 3 is 2.55 bits per heavy atom. The van der Waals surface area contributed by atoms with Gasteiger partial charge in [0.1, 0.15) is 0 Å². The molecule has 1 saturated heterocycles. The second-order valence-corrected chi connectivity index (χ2v) is 7.34. The first-order valence-electron chi connectivity index (χ1n) is 8.75. The molecule has 3 nitrogen and oxygen atoms in total. The Morgan fingerprint density at radius 2 is 2.00 bits per heavy atom. The maximum Gasteiger partial charge on any atom is 0.0578 e. The number of nitrogens with one attached hydrogen (secondary N) is 1. The Morgan fingerprint density at radius 1 is 1.25 bits per heavy atom. The van der Waals surface area contributed by atoms with Crippen LogP contribution in [0.2, 0.25) is 0 Å². The number of hydrogen-bond acceptors (Lipinski definition) is 3. The zero-order chi connectivity index (χ0) is 14.5. The molecule has 0 aromatic heterocycles. The van der Waals surface area contributed by atoms with Gasteiger partial charge in [-0.05, 0) is 50.5 Å². The Balaban J connectivity index is 1.85. The third-order valence-corrected chi connectivity index (χ3v) is 5.22. The third kappa shape index (κ3) is 4.44. The van der Waals surface area contributed by atoms with E-state index in [1.54, 1.807) is 0 Å². The van der Waals surface area contributed by atoms with Gasteiger partial charge in [0, 0.05) is 25.2 Å². The van der Waals surface area contributed by atoms with Crippen LogP contribution in [-0.2, 0) is 0 Å². The second kappa shape index (κ2) is 7.77. The lowest BCUT2D eigenvalue weighted by Gasteiger charge is -2.46. The number of likely N-dealkylation sites (tertiary alicyclic amines) is 1. The molecule has 20 heavy (non-hydrogen) atoms. The lowest BCUT2D eigenvalue weighted by molar-refractivity contribution is 0.00268. The van der Waals surface area contributed by atoms with Crippen LogP contribution < -0.4 is 5.32 Å². The summed E-state index contributed by atoms with van der Waals surface area (Å²) in [5.74, 6) is 1.23. The van der Waals surface area contributed by atoms with E-state index in [-0.39, 0.29) is 6.10 Å². The topological polar surface area (TPSA) is 35.5 Å². The van der Waals surface area contributed by atoms with E-state index in [0.29, 0.717) is 12.0 Å². The standard InChI is InChI=1S/C17H34N2O/c1-4-17(20)14-10-15(18-9-8-13(2)3)12-19(11-14)16-6-5-7-16/h13-18,20H,4-12H2,1-3H3. The summed E-state index contributed by atoms with van der Waals surface area (Å²) in [5, 5.41) is 14.0. The van der Waals surface area contributed by atoms with Gasteiger partial charge in [-0.15, -0.1) is 0 Å². The Kier molecular flexibility index (Phi) is 6.31. The fourth-order valence-electron chi connectivity index (χ4n) is 3.56. The lowest BCUT2D eigenvalue weighted by atomic mass is 9.84. The van der Waals surface area contributed by atoms with Gasteiger partial charge in [-0.2, -0.15) is 0 Å². The van der Waals surface area contributed by atoms with E-state index in [9.17, 15) is 5.11 Å². The number of rotatable bonds is 7. The Labute approximate surface area is 125 Å². The lowest BCUT2D eigenvalue weighted by Crippen LogP contribution is -2.56. The number of nitrogens with zero attached hydrogens (tertiary/aromatic N) is 1. The molecule has 0 spiro atoms. The van der Waals surface area contributed by atoms with Crippen molar-refractivity contribution >= 4 is 0 Å². The predicted molar refractivity (Wildman–Crippen MR) is 84.9 cm³/mol. The largest absolute Gasteiger partial charge is 0.393 e. The molecule has 1 saturated carbocycles. The van der Waals surface area contributed by atoms with Crippen LogP contribution in [0.3, 0.4) is 0 Å². The van der Waals surface area contributed by atoms with E-state index in [0.717, 1.165) is 37.9 Å². The average molecular weight is 282 g/mol. The van der Waals surface area contributed by atoms with Gasteiger partial charge in [0.15, 0.2) is 0 Å². The van der Waals surface area contributed by atoms with Crippen molar-refractivity contribution in [2.75, 3.05) is 19.6 Å². The molecule has 0 aromatic rings. The van der Waals surface area contributed by atoms with Crippen molar-refractivity contribution in [3.8, 4) is 0 Å². The zero-order valence-corrected chi connectivity index (χ0v) is 13.6. The van der Waals surface area contributed by atoms with Crippen molar-refractivity contribution in [2.24, 2.45) is 11.8 Å². The summed E-state index contributed by atoms with van der Waals surface area (Å²) in [5.41, 5.74) is 0. The quantitative estimate of drug-likeness (QED) is 0.753. The number of hydrogen-bond donors (Lipinski definition) is 2. The van der Waals surface area contributed by atoms with Gasteiger partial charge < -0.3 is 10.4 Å². The molecule has 118 valence electrons. The van der Waals surface area contributed by atoms with Crippen molar-refractivity contribution in [3.63, 3.8) is 0 Å². The minimum Gasteiger partial charge on any atom is -0.393 e. The van der Waals surface area contributed by atoms with E-state index in [2.05, 4.69) is 31.0 Å². The number of piperidine rings is 1. The van der Waals surface area contributed by atoms with Crippen LogP contribution in [0.15, 0.2) is 0 Å². The first-order valence-corrected chi connectivity index (χ1v) is 8.75. The van der Waals surface area contributed by atoms with Crippen molar-refractivity contribution < 1.29 is 5.11 Å². The summed E-state index contributed by atoms with van der Waals surface area (Å²) >= 11 is 0. The molecule has 2 N–H and O–H groups in total. The molecule has 1 aliphatic heterocycles. The highest BCUT2D eigenvalue weighted by Crippen LogP contribution is 2.30. The molecule has 1 heterocycles. The highest BCUT2D eigenvalue weighted by Gasteiger charge is 2.35. The van der Waals surface area contributed by atoms with Gasteiger partial charge in [-0.3, -0.25) is 4.90 Å². The van der Waals surface area contributed by atoms with Crippen LogP contribution in [-0.4, -0.2) is 47.8 Å². The first kappa shape index (κ1) is 16.3. The molecular formula is C17H34N2O. The van der Waals surface area contributed by atoms with Gasteiger partial charge in [0.25, 0.3) is 0 Å². The van der Waals surface area contributed by atoms with Crippen LogP contribution >= 0.6 is 0 Å². The van der Waals surface area contributed by atoms with Crippen LogP contribution in [0.4, 0.5) is 0 Å². The average Bonchev–Trinajstić information content (AvgIpc) is 2.35. The highest BCUT2D eigenvalue weighted by atomic mass is 16.3. The molecule has 0 aromatic carbocycles. The summed E-state index contributed by atoms with van der Waals surface area (Å²) in [6.45, 7) is 10.1. The van der Waals surface area contributed by atoms with Crippen molar-refractivity contribution in [1.29, 1.82) is 0 Å². The Hall–Kier alpha value is -0.120. The van der Waals surface area contributed by atoms with Crippen LogP contribution in [0.25, 0.3) is 0 Å². The van der Waals surface area contributed by atoms with Crippen molar-refractivity contribution in [3.05, 3.63) is 0 Å².